The summed E-state index contributed by atoms with van der Waals surface area (Å²) in [5.41, 5.74) is 1.35. The van der Waals surface area contributed by atoms with E-state index in [0.29, 0.717) is 11.7 Å². The molecule has 0 bridgehead atoms. The van der Waals surface area contributed by atoms with Gasteiger partial charge in [0.05, 0.1) is 6.54 Å². The van der Waals surface area contributed by atoms with E-state index in [4.69, 9.17) is 4.74 Å². The first-order valence-corrected chi connectivity index (χ1v) is 9.47. The number of ether oxygens (including phenoxy) is 1. The molecule has 5 nitrogen and oxygen atoms in total. The summed E-state index contributed by atoms with van der Waals surface area (Å²) in [5, 5.41) is 2.65. The van der Waals surface area contributed by atoms with Gasteiger partial charge < -0.3 is 15.0 Å². The van der Waals surface area contributed by atoms with Crippen molar-refractivity contribution in [3.05, 3.63) is 66.2 Å². The molecule has 1 aliphatic rings. The van der Waals surface area contributed by atoms with Crippen LogP contribution in [0.2, 0.25) is 0 Å². The summed E-state index contributed by atoms with van der Waals surface area (Å²) < 4.78 is 5.38. The van der Waals surface area contributed by atoms with Crippen LogP contribution in [0.25, 0.3) is 0 Å². The Balaban J connectivity index is 1.34. The lowest BCUT2D eigenvalue weighted by molar-refractivity contribution is -0.134. The number of carbonyl (C=O) groups excluding carboxylic acids is 2. The van der Waals surface area contributed by atoms with Crippen molar-refractivity contribution in [1.29, 1.82) is 0 Å². The molecule has 1 N–H and O–H groups in total. The maximum absolute atomic E-state index is 12.3. The predicted octanol–water partition coefficient (Wildman–Crippen LogP) is 2.66. The van der Waals surface area contributed by atoms with E-state index in [-0.39, 0.29) is 25.0 Å². The third kappa shape index (κ3) is 6.13. The predicted molar refractivity (Wildman–Crippen MR) is 104 cm³/mol. The van der Waals surface area contributed by atoms with Crippen LogP contribution < -0.4 is 10.1 Å². The topological polar surface area (TPSA) is 58.6 Å². The fourth-order valence-corrected chi connectivity index (χ4v) is 3.34. The standard InChI is InChI=1S/C22H26N2O3/c25-21(17-27-20-9-5-2-6-10-20)23-16-22(26)24-13-11-19(12-14-24)15-18-7-3-1-4-8-18/h1-10,19H,11-17H2,(H,23,25). The van der Waals surface area contributed by atoms with Gasteiger partial charge in [0.1, 0.15) is 5.75 Å². The lowest BCUT2D eigenvalue weighted by atomic mass is 9.90. The Hall–Kier alpha value is -2.82. The number of carbonyl (C=O) groups is 2. The Morgan fingerprint density at radius 3 is 2.26 bits per heavy atom. The Kier molecular flexibility index (Phi) is 6.85. The quantitative estimate of drug-likeness (QED) is 0.820. The van der Waals surface area contributed by atoms with Gasteiger partial charge in [0.2, 0.25) is 5.91 Å². The maximum Gasteiger partial charge on any atom is 0.258 e. The molecule has 142 valence electrons. The lowest BCUT2D eigenvalue weighted by Crippen LogP contribution is -2.45. The first kappa shape index (κ1) is 19.0. The van der Waals surface area contributed by atoms with Gasteiger partial charge in [-0.3, -0.25) is 9.59 Å². The number of nitrogens with zero attached hydrogens (tertiary/aromatic N) is 1. The van der Waals surface area contributed by atoms with Crippen molar-refractivity contribution in [3.8, 4) is 5.75 Å². The van der Waals surface area contributed by atoms with Gasteiger partial charge in [0.15, 0.2) is 6.61 Å². The van der Waals surface area contributed by atoms with Crippen molar-refractivity contribution >= 4 is 11.8 Å². The largest absolute Gasteiger partial charge is 0.484 e. The maximum atomic E-state index is 12.3. The van der Waals surface area contributed by atoms with Gasteiger partial charge in [-0.15, -0.1) is 0 Å². The van der Waals surface area contributed by atoms with E-state index in [9.17, 15) is 9.59 Å². The normalized spacial score (nSPS) is 14.6. The zero-order valence-corrected chi connectivity index (χ0v) is 15.5. The van der Waals surface area contributed by atoms with E-state index in [0.717, 1.165) is 32.4 Å². The first-order valence-electron chi connectivity index (χ1n) is 9.47. The summed E-state index contributed by atoms with van der Waals surface area (Å²) in [4.78, 5) is 26.0. The number of rotatable bonds is 7. The summed E-state index contributed by atoms with van der Waals surface area (Å²) in [6.07, 6.45) is 3.08. The Morgan fingerprint density at radius 2 is 1.59 bits per heavy atom. The number of benzene rings is 2. The Labute approximate surface area is 160 Å². The molecule has 2 aromatic carbocycles. The van der Waals surface area contributed by atoms with E-state index in [2.05, 4.69) is 29.6 Å². The zero-order chi connectivity index (χ0) is 18.9. The number of amides is 2. The van der Waals surface area contributed by atoms with E-state index in [1.165, 1.54) is 5.56 Å². The van der Waals surface area contributed by atoms with E-state index < -0.39 is 0 Å². The van der Waals surface area contributed by atoms with Crippen molar-refractivity contribution in [3.63, 3.8) is 0 Å². The Bertz CT molecular complexity index is 726. The van der Waals surface area contributed by atoms with Gasteiger partial charge in [-0.05, 0) is 42.9 Å². The van der Waals surface area contributed by atoms with Crippen molar-refractivity contribution in [1.82, 2.24) is 10.2 Å². The van der Waals surface area contributed by atoms with Crippen molar-refractivity contribution in [2.24, 2.45) is 5.92 Å². The molecular weight excluding hydrogens is 340 g/mol. The van der Waals surface area contributed by atoms with Gasteiger partial charge in [0, 0.05) is 13.1 Å². The molecule has 1 heterocycles. The van der Waals surface area contributed by atoms with Crippen LogP contribution in [0.5, 0.6) is 5.75 Å². The van der Waals surface area contributed by atoms with Gasteiger partial charge in [0.25, 0.3) is 5.91 Å². The average Bonchev–Trinajstić information content (AvgIpc) is 2.72. The van der Waals surface area contributed by atoms with Gasteiger partial charge in [-0.25, -0.2) is 0 Å². The highest BCUT2D eigenvalue weighted by Gasteiger charge is 2.23. The minimum Gasteiger partial charge on any atom is -0.484 e. The van der Waals surface area contributed by atoms with Crippen molar-refractivity contribution < 1.29 is 14.3 Å². The van der Waals surface area contributed by atoms with Crippen LogP contribution in [-0.2, 0) is 16.0 Å². The SMILES string of the molecule is O=C(COc1ccccc1)NCC(=O)N1CCC(Cc2ccccc2)CC1. The monoisotopic (exact) mass is 366 g/mol. The fraction of sp³-hybridized carbons (Fsp3) is 0.364. The molecule has 5 heteroatoms. The smallest absolute Gasteiger partial charge is 0.258 e. The van der Waals surface area contributed by atoms with Crippen LogP contribution in [0.1, 0.15) is 18.4 Å². The molecule has 0 radical (unpaired) electrons. The number of nitrogens with one attached hydrogen (secondary N) is 1. The minimum atomic E-state index is -0.286. The van der Waals surface area contributed by atoms with Crippen LogP contribution >= 0.6 is 0 Å². The number of hydrogen-bond donors (Lipinski definition) is 1. The highest BCUT2D eigenvalue weighted by molar-refractivity contribution is 5.85. The summed E-state index contributed by atoms with van der Waals surface area (Å²) in [5.74, 6) is 0.942. The van der Waals surface area contributed by atoms with E-state index in [1.807, 2.05) is 29.2 Å². The molecule has 2 aromatic rings. The molecule has 2 amide bonds. The first-order chi connectivity index (χ1) is 13.2. The molecule has 0 spiro atoms. The Morgan fingerprint density at radius 1 is 0.963 bits per heavy atom. The molecule has 1 aliphatic heterocycles. The number of piperidine rings is 1. The van der Waals surface area contributed by atoms with Crippen LogP contribution in [0.3, 0.4) is 0 Å². The second-order valence-corrected chi connectivity index (χ2v) is 6.89. The third-order valence-corrected chi connectivity index (χ3v) is 4.88. The summed E-state index contributed by atoms with van der Waals surface area (Å²) in [7, 11) is 0. The molecule has 1 fully saturated rings. The van der Waals surface area contributed by atoms with Crippen molar-refractivity contribution in [2.75, 3.05) is 26.2 Å². The fourth-order valence-electron chi connectivity index (χ4n) is 3.34. The van der Waals surface area contributed by atoms with Crippen LogP contribution in [-0.4, -0.2) is 43.0 Å². The second kappa shape index (κ2) is 9.76. The van der Waals surface area contributed by atoms with Crippen LogP contribution in [0.15, 0.2) is 60.7 Å². The van der Waals surface area contributed by atoms with Gasteiger partial charge in [-0.2, -0.15) is 0 Å². The summed E-state index contributed by atoms with van der Waals surface area (Å²) in [6.45, 7) is 1.45. The number of likely N-dealkylation sites (tertiary alicyclic amines) is 1. The highest BCUT2D eigenvalue weighted by atomic mass is 16.5. The number of hydrogen-bond acceptors (Lipinski definition) is 3. The summed E-state index contributed by atoms with van der Waals surface area (Å²) >= 11 is 0. The molecule has 3 rings (SSSR count). The molecule has 1 saturated heterocycles. The zero-order valence-electron chi connectivity index (χ0n) is 15.5. The van der Waals surface area contributed by atoms with Crippen molar-refractivity contribution in [2.45, 2.75) is 19.3 Å². The molecule has 27 heavy (non-hydrogen) atoms. The minimum absolute atomic E-state index is 0.0266. The van der Waals surface area contributed by atoms with E-state index in [1.54, 1.807) is 12.1 Å². The van der Waals surface area contributed by atoms with Gasteiger partial charge >= 0.3 is 0 Å². The number of para-hydroxylation sites is 1. The molecular formula is C22H26N2O3. The molecule has 0 aliphatic carbocycles. The molecule has 0 unspecified atom stereocenters. The van der Waals surface area contributed by atoms with Crippen LogP contribution in [0, 0.1) is 5.92 Å². The highest BCUT2D eigenvalue weighted by Crippen LogP contribution is 2.21. The average molecular weight is 366 g/mol. The molecule has 0 aromatic heterocycles. The van der Waals surface area contributed by atoms with E-state index >= 15 is 0 Å². The van der Waals surface area contributed by atoms with Gasteiger partial charge in [-0.1, -0.05) is 48.5 Å². The van der Waals surface area contributed by atoms with Crippen LogP contribution in [0.4, 0.5) is 0 Å². The second-order valence-electron chi connectivity index (χ2n) is 6.89. The molecule has 0 atom stereocenters. The third-order valence-electron chi connectivity index (χ3n) is 4.88. The molecule has 0 saturated carbocycles. The lowest BCUT2D eigenvalue weighted by Gasteiger charge is -2.32. The summed E-state index contributed by atoms with van der Waals surface area (Å²) in [6, 6.07) is 19.6.